The minimum atomic E-state index is 0. The van der Waals surface area contributed by atoms with Gasteiger partial charge in [0.25, 0.3) is 0 Å². The average Bonchev–Trinajstić information content (AvgIpc) is 2.49. The normalized spacial score (nSPS) is 20.7. The second-order valence-corrected chi connectivity index (χ2v) is 6.93. The van der Waals surface area contributed by atoms with Gasteiger partial charge in [0.15, 0.2) is 11.5 Å². The zero-order chi connectivity index (χ0) is 16.2. The van der Waals surface area contributed by atoms with E-state index in [1.54, 1.807) is 7.11 Å². The first kappa shape index (κ1) is 20.1. The van der Waals surface area contributed by atoms with Crippen LogP contribution < -0.4 is 15.2 Å². The summed E-state index contributed by atoms with van der Waals surface area (Å²) in [4.78, 5) is 2.48. The van der Waals surface area contributed by atoms with Crippen LogP contribution in [0.2, 0.25) is 0 Å². The van der Waals surface area contributed by atoms with Gasteiger partial charge in [0.2, 0.25) is 0 Å². The summed E-state index contributed by atoms with van der Waals surface area (Å²) in [6, 6.07) is 6.54. The number of piperidine rings is 1. The molecule has 1 aliphatic rings. The Morgan fingerprint density at radius 1 is 1.30 bits per heavy atom. The van der Waals surface area contributed by atoms with E-state index in [-0.39, 0.29) is 17.8 Å². The van der Waals surface area contributed by atoms with Crippen LogP contribution in [-0.4, -0.2) is 37.7 Å². The minimum Gasteiger partial charge on any atom is -0.493 e. The molecule has 0 aliphatic carbocycles. The Morgan fingerprint density at radius 2 is 2.04 bits per heavy atom. The minimum absolute atomic E-state index is 0. The molecule has 1 aromatic rings. The zero-order valence-electron chi connectivity index (χ0n) is 14.8. The highest BCUT2D eigenvalue weighted by atomic mass is 35.5. The molecule has 2 rings (SSSR count). The van der Waals surface area contributed by atoms with Crippen LogP contribution in [-0.2, 0) is 6.54 Å². The lowest BCUT2D eigenvalue weighted by Crippen LogP contribution is -2.52. The van der Waals surface area contributed by atoms with Gasteiger partial charge in [-0.3, -0.25) is 4.90 Å². The molecule has 0 spiro atoms. The van der Waals surface area contributed by atoms with E-state index < -0.39 is 0 Å². The van der Waals surface area contributed by atoms with E-state index in [1.165, 1.54) is 5.56 Å². The number of nitrogens with two attached hydrogens (primary N) is 1. The lowest BCUT2D eigenvalue weighted by Gasteiger charge is -2.42. The van der Waals surface area contributed by atoms with Crippen molar-refractivity contribution in [1.82, 2.24) is 4.90 Å². The number of ether oxygens (including phenoxy) is 2. The molecule has 0 radical (unpaired) electrons. The summed E-state index contributed by atoms with van der Waals surface area (Å²) in [7, 11) is 1.70. The predicted octanol–water partition coefficient (Wildman–Crippen LogP) is 3.47. The Balaban J connectivity index is 0.00000264. The number of hydrogen-bond acceptors (Lipinski definition) is 4. The average molecular weight is 343 g/mol. The number of methoxy groups -OCH3 is 1. The van der Waals surface area contributed by atoms with Crippen molar-refractivity contribution in [3.8, 4) is 11.5 Å². The highest BCUT2D eigenvalue weighted by molar-refractivity contribution is 5.85. The van der Waals surface area contributed by atoms with Crippen molar-refractivity contribution < 1.29 is 9.47 Å². The van der Waals surface area contributed by atoms with Crippen molar-refractivity contribution in [1.29, 1.82) is 0 Å². The molecule has 23 heavy (non-hydrogen) atoms. The third-order valence-corrected chi connectivity index (χ3v) is 4.49. The zero-order valence-corrected chi connectivity index (χ0v) is 15.6. The fourth-order valence-electron chi connectivity index (χ4n) is 3.02. The van der Waals surface area contributed by atoms with Crippen molar-refractivity contribution in [2.24, 2.45) is 11.1 Å². The Bertz CT molecular complexity index is 494. The smallest absolute Gasteiger partial charge is 0.161 e. The second-order valence-electron chi connectivity index (χ2n) is 6.93. The predicted molar refractivity (Wildman–Crippen MR) is 97.7 cm³/mol. The molecule has 0 saturated carbocycles. The van der Waals surface area contributed by atoms with Crippen LogP contribution >= 0.6 is 12.4 Å². The molecule has 1 unspecified atom stereocenters. The lowest BCUT2D eigenvalue weighted by atomic mass is 9.79. The maximum atomic E-state index is 6.22. The highest BCUT2D eigenvalue weighted by Crippen LogP contribution is 2.31. The fraction of sp³-hybridized carbons (Fsp3) is 0.667. The SMILES string of the molecule is CCCOc1ccc(CN2CCC(N)C(C)(C)C2)cc1OC.Cl. The van der Waals surface area contributed by atoms with E-state index >= 15 is 0 Å². The standard InChI is InChI=1S/C18H30N2O2.ClH/c1-5-10-22-15-7-6-14(11-16(15)21-4)12-20-9-8-17(19)18(2,3)13-20;/h6-7,11,17H,5,8-10,12-13,19H2,1-4H3;1H. The maximum absolute atomic E-state index is 6.22. The molecule has 1 fully saturated rings. The lowest BCUT2D eigenvalue weighted by molar-refractivity contribution is 0.0898. The van der Waals surface area contributed by atoms with Crippen molar-refractivity contribution in [3.05, 3.63) is 23.8 Å². The number of halogens is 1. The molecule has 1 atom stereocenters. The van der Waals surface area contributed by atoms with Crippen LogP contribution in [0, 0.1) is 5.41 Å². The van der Waals surface area contributed by atoms with E-state index in [4.69, 9.17) is 15.2 Å². The topological polar surface area (TPSA) is 47.7 Å². The number of likely N-dealkylation sites (tertiary alicyclic amines) is 1. The van der Waals surface area contributed by atoms with Crippen molar-refractivity contribution >= 4 is 12.4 Å². The highest BCUT2D eigenvalue weighted by Gasteiger charge is 2.33. The van der Waals surface area contributed by atoms with E-state index in [0.29, 0.717) is 12.6 Å². The summed E-state index contributed by atoms with van der Waals surface area (Å²) in [6.07, 6.45) is 2.05. The monoisotopic (exact) mass is 342 g/mol. The molecule has 2 N–H and O–H groups in total. The quantitative estimate of drug-likeness (QED) is 0.860. The van der Waals surface area contributed by atoms with Gasteiger partial charge in [-0.2, -0.15) is 0 Å². The Labute approximate surface area is 146 Å². The molecular formula is C18H31ClN2O2. The van der Waals surface area contributed by atoms with E-state index in [0.717, 1.165) is 44.0 Å². The molecule has 5 heteroatoms. The molecule has 0 aromatic heterocycles. The molecule has 4 nitrogen and oxygen atoms in total. The Kier molecular flexibility index (Phi) is 7.65. The third kappa shape index (κ3) is 5.27. The van der Waals surface area contributed by atoms with Crippen LogP contribution in [0.15, 0.2) is 18.2 Å². The molecule has 1 aliphatic heterocycles. The van der Waals surface area contributed by atoms with Gasteiger partial charge in [-0.15, -0.1) is 12.4 Å². The molecule has 1 saturated heterocycles. The Morgan fingerprint density at radius 3 is 2.65 bits per heavy atom. The summed E-state index contributed by atoms with van der Waals surface area (Å²) in [6.45, 7) is 10.3. The fourth-order valence-corrected chi connectivity index (χ4v) is 3.02. The van der Waals surface area contributed by atoms with Crippen LogP contribution in [0.1, 0.15) is 39.2 Å². The first-order valence-electron chi connectivity index (χ1n) is 8.24. The van der Waals surface area contributed by atoms with Crippen LogP contribution in [0.3, 0.4) is 0 Å². The summed E-state index contributed by atoms with van der Waals surface area (Å²) in [5, 5.41) is 0. The number of benzene rings is 1. The van der Waals surface area contributed by atoms with E-state index in [9.17, 15) is 0 Å². The van der Waals surface area contributed by atoms with E-state index in [1.807, 2.05) is 6.07 Å². The first-order chi connectivity index (χ1) is 10.5. The second kappa shape index (κ2) is 8.76. The largest absolute Gasteiger partial charge is 0.493 e. The number of hydrogen-bond donors (Lipinski definition) is 1. The van der Waals surface area contributed by atoms with Crippen molar-refractivity contribution in [3.63, 3.8) is 0 Å². The summed E-state index contributed by atoms with van der Waals surface area (Å²) in [5.41, 5.74) is 7.65. The molecule has 132 valence electrons. The van der Waals surface area contributed by atoms with Crippen LogP contribution in [0.4, 0.5) is 0 Å². The summed E-state index contributed by atoms with van der Waals surface area (Å²) < 4.78 is 11.2. The molecule has 1 heterocycles. The van der Waals surface area contributed by atoms with Gasteiger partial charge in [0.1, 0.15) is 0 Å². The van der Waals surface area contributed by atoms with Crippen LogP contribution in [0.5, 0.6) is 11.5 Å². The maximum Gasteiger partial charge on any atom is 0.161 e. The number of rotatable bonds is 6. The third-order valence-electron chi connectivity index (χ3n) is 4.49. The Hall–Kier alpha value is -0.970. The van der Waals surface area contributed by atoms with Crippen LogP contribution in [0.25, 0.3) is 0 Å². The van der Waals surface area contributed by atoms with Gasteiger partial charge in [-0.05, 0) is 36.0 Å². The molecule has 1 aromatic carbocycles. The van der Waals surface area contributed by atoms with Gasteiger partial charge in [0.05, 0.1) is 13.7 Å². The van der Waals surface area contributed by atoms with Crippen molar-refractivity contribution in [2.75, 3.05) is 26.8 Å². The number of nitrogens with zero attached hydrogens (tertiary/aromatic N) is 1. The summed E-state index contributed by atoms with van der Waals surface area (Å²) >= 11 is 0. The molecular weight excluding hydrogens is 312 g/mol. The van der Waals surface area contributed by atoms with Gasteiger partial charge < -0.3 is 15.2 Å². The van der Waals surface area contributed by atoms with Gasteiger partial charge in [-0.25, -0.2) is 0 Å². The molecule has 0 bridgehead atoms. The van der Waals surface area contributed by atoms with Gasteiger partial charge >= 0.3 is 0 Å². The van der Waals surface area contributed by atoms with Crippen molar-refractivity contribution in [2.45, 2.75) is 46.2 Å². The first-order valence-corrected chi connectivity index (χ1v) is 8.24. The van der Waals surface area contributed by atoms with Gasteiger partial charge in [-0.1, -0.05) is 26.8 Å². The van der Waals surface area contributed by atoms with E-state index in [2.05, 4.69) is 37.8 Å². The summed E-state index contributed by atoms with van der Waals surface area (Å²) in [5.74, 6) is 1.65. The molecule has 0 amide bonds. The van der Waals surface area contributed by atoms with Gasteiger partial charge in [0, 0.05) is 25.7 Å².